The molecule has 6 heteroatoms. The lowest BCUT2D eigenvalue weighted by Gasteiger charge is -2.41. The molecule has 0 spiro atoms. The average Bonchev–Trinajstić information content (AvgIpc) is 3.28. The molecule has 0 saturated carbocycles. The quantitative estimate of drug-likeness (QED) is 0.261. The Bertz CT molecular complexity index is 1060. The standard InChI is InChI=1S/C24H30FN3.C10H20O2/c1-26-15-16-28-22-12-14-27(13-3-2-5-18-8-10-19(25)11-9-18)17-21(22)20-6-4-7-23(26)24(20)28;1-2-3-4-5-6-7-8-9-10(11)12/h4,6-11,21-22H,2-3,5,12-17H2,1H3;2-9H2,1H3,(H,11,12)/t21-,22-;/m0./s1. The van der Waals surface area contributed by atoms with E-state index >= 15 is 0 Å². The number of unbranched alkanes of at least 4 members (excludes halogenated alkanes) is 7. The van der Waals surface area contributed by atoms with E-state index < -0.39 is 5.97 Å². The lowest BCUT2D eigenvalue weighted by Crippen LogP contribution is -2.49. The Morgan fingerprint density at radius 1 is 0.925 bits per heavy atom. The van der Waals surface area contributed by atoms with Gasteiger partial charge in [0.15, 0.2) is 0 Å². The highest BCUT2D eigenvalue weighted by molar-refractivity contribution is 5.80. The number of benzene rings is 2. The van der Waals surface area contributed by atoms with E-state index in [0.29, 0.717) is 18.4 Å². The number of carboxylic acids is 1. The van der Waals surface area contributed by atoms with Gasteiger partial charge in [-0.1, -0.05) is 69.7 Å². The van der Waals surface area contributed by atoms with Crippen molar-refractivity contribution in [1.82, 2.24) is 4.90 Å². The number of rotatable bonds is 13. The Hall–Kier alpha value is -2.60. The lowest BCUT2D eigenvalue weighted by molar-refractivity contribution is -0.137. The van der Waals surface area contributed by atoms with Gasteiger partial charge in [0, 0.05) is 51.6 Å². The van der Waals surface area contributed by atoms with Crippen molar-refractivity contribution < 1.29 is 14.3 Å². The Labute approximate surface area is 241 Å². The van der Waals surface area contributed by atoms with Crippen LogP contribution in [0, 0.1) is 5.82 Å². The predicted octanol–water partition coefficient (Wildman–Crippen LogP) is 7.49. The van der Waals surface area contributed by atoms with E-state index in [1.165, 1.54) is 94.5 Å². The zero-order valence-corrected chi connectivity index (χ0v) is 24.8. The topological polar surface area (TPSA) is 47.0 Å². The summed E-state index contributed by atoms with van der Waals surface area (Å²) < 4.78 is 13.0. The first-order chi connectivity index (χ1) is 19.5. The van der Waals surface area contributed by atoms with Crippen molar-refractivity contribution in [2.24, 2.45) is 0 Å². The van der Waals surface area contributed by atoms with Crippen molar-refractivity contribution >= 4 is 17.3 Å². The van der Waals surface area contributed by atoms with Gasteiger partial charge >= 0.3 is 5.97 Å². The molecule has 0 radical (unpaired) electrons. The minimum atomic E-state index is -0.663. The van der Waals surface area contributed by atoms with Gasteiger partial charge in [-0.05, 0) is 68.0 Å². The molecular formula is C34H50FN3O2. The molecular weight excluding hydrogens is 501 g/mol. The van der Waals surface area contributed by atoms with Gasteiger partial charge in [-0.2, -0.15) is 0 Å². The zero-order valence-electron chi connectivity index (χ0n) is 24.8. The molecule has 0 amide bonds. The van der Waals surface area contributed by atoms with Gasteiger partial charge in [-0.3, -0.25) is 4.79 Å². The van der Waals surface area contributed by atoms with Crippen LogP contribution in [0.3, 0.4) is 0 Å². The van der Waals surface area contributed by atoms with Crippen LogP contribution in [0.5, 0.6) is 0 Å². The fraction of sp³-hybridized carbons (Fsp3) is 0.618. The predicted molar refractivity (Wildman–Crippen MR) is 164 cm³/mol. The number of likely N-dealkylation sites (N-methyl/N-ethyl adjacent to an activating group) is 1. The number of likely N-dealkylation sites (tertiary alicyclic amines) is 1. The third-order valence-corrected chi connectivity index (χ3v) is 8.98. The van der Waals surface area contributed by atoms with Crippen molar-refractivity contribution in [3.05, 3.63) is 59.4 Å². The summed E-state index contributed by atoms with van der Waals surface area (Å²) in [6.45, 7) is 8.08. The molecule has 5 nitrogen and oxygen atoms in total. The van der Waals surface area contributed by atoms with E-state index in [0.717, 1.165) is 25.8 Å². The number of hydrogen-bond donors (Lipinski definition) is 1. The van der Waals surface area contributed by atoms with E-state index in [2.05, 4.69) is 46.9 Å². The van der Waals surface area contributed by atoms with Crippen molar-refractivity contribution in [3.8, 4) is 0 Å². The summed E-state index contributed by atoms with van der Waals surface area (Å²) in [7, 11) is 2.22. The van der Waals surface area contributed by atoms with Crippen LogP contribution in [0.2, 0.25) is 0 Å². The number of carboxylic acid groups (broad SMARTS) is 1. The van der Waals surface area contributed by atoms with Gasteiger partial charge in [0.1, 0.15) is 5.82 Å². The van der Waals surface area contributed by atoms with Crippen molar-refractivity contribution in [1.29, 1.82) is 0 Å². The van der Waals surface area contributed by atoms with E-state index in [4.69, 9.17) is 5.11 Å². The Morgan fingerprint density at radius 2 is 1.68 bits per heavy atom. The molecule has 1 N–H and O–H groups in total. The molecule has 40 heavy (non-hydrogen) atoms. The van der Waals surface area contributed by atoms with E-state index in [-0.39, 0.29) is 5.82 Å². The summed E-state index contributed by atoms with van der Waals surface area (Å²) in [5.74, 6) is -0.147. The monoisotopic (exact) mass is 551 g/mol. The SMILES string of the molecule is CCCCCCCCCC(=O)O.CN1CCN2c3c(cccc31)[C@@H]1CN(CCCCc3ccc(F)cc3)CC[C@@H]12. The second kappa shape index (κ2) is 15.4. The third-order valence-electron chi connectivity index (χ3n) is 8.98. The van der Waals surface area contributed by atoms with Gasteiger partial charge in [0.2, 0.25) is 0 Å². The maximum Gasteiger partial charge on any atom is 0.303 e. The summed E-state index contributed by atoms with van der Waals surface area (Å²) in [6.07, 6.45) is 13.4. The van der Waals surface area contributed by atoms with Crippen LogP contribution in [-0.2, 0) is 11.2 Å². The number of halogens is 1. The van der Waals surface area contributed by atoms with E-state index in [1.54, 1.807) is 17.7 Å². The first kappa shape index (κ1) is 30.4. The highest BCUT2D eigenvalue weighted by atomic mass is 19.1. The molecule has 3 aliphatic heterocycles. The molecule has 3 aliphatic rings. The van der Waals surface area contributed by atoms with Crippen LogP contribution in [0.25, 0.3) is 0 Å². The Kier molecular flexibility index (Phi) is 11.7. The van der Waals surface area contributed by atoms with Crippen molar-refractivity contribution in [3.63, 3.8) is 0 Å². The molecule has 2 aromatic carbocycles. The summed E-state index contributed by atoms with van der Waals surface area (Å²) in [5, 5.41) is 8.35. The molecule has 0 bridgehead atoms. The molecule has 0 aromatic heterocycles. The molecule has 1 saturated heterocycles. The highest BCUT2D eigenvalue weighted by Crippen LogP contribution is 2.50. The molecule has 0 unspecified atom stereocenters. The summed E-state index contributed by atoms with van der Waals surface area (Å²) in [6, 6.07) is 14.6. The fourth-order valence-electron chi connectivity index (χ4n) is 6.73. The first-order valence-corrected chi connectivity index (χ1v) is 15.8. The molecule has 2 aromatic rings. The normalized spacial score (nSPS) is 19.6. The van der Waals surface area contributed by atoms with Crippen LogP contribution in [-0.4, -0.2) is 61.8 Å². The maximum atomic E-state index is 13.0. The fourth-order valence-corrected chi connectivity index (χ4v) is 6.73. The number of hydrogen-bond acceptors (Lipinski definition) is 4. The Balaban J connectivity index is 0.000000263. The summed E-state index contributed by atoms with van der Waals surface area (Å²) in [4.78, 5) is 17.9. The number of fused-ring (bicyclic) bond motifs is 3. The third kappa shape index (κ3) is 8.22. The number of piperidine rings is 1. The molecule has 220 valence electrons. The minimum absolute atomic E-state index is 0.143. The van der Waals surface area contributed by atoms with Crippen LogP contribution in [0.1, 0.15) is 94.6 Å². The number of para-hydroxylation sites is 1. The number of anilines is 2. The van der Waals surface area contributed by atoms with Crippen LogP contribution in [0.15, 0.2) is 42.5 Å². The van der Waals surface area contributed by atoms with Gasteiger partial charge in [0.25, 0.3) is 0 Å². The highest BCUT2D eigenvalue weighted by Gasteiger charge is 2.44. The summed E-state index contributed by atoms with van der Waals surface area (Å²) in [5.41, 5.74) is 5.76. The smallest absolute Gasteiger partial charge is 0.303 e. The van der Waals surface area contributed by atoms with Crippen LogP contribution in [0.4, 0.5) is 15.8 Å². The summed E-state index contributed by atoms with van der Waals surface area (Å²) >= 11 is 0. The van der Waals surface area contributed by atoms with Crippen LogP contribution >= 0.6 is 0 Å². The average molecular weight is 552 g/mol. The second-order valence-corrected chi connectivity index (χ2v) is 11.9. The zero-order chi connectivity index (χ0) is 28.3. The molecule has 5 rings (SSSR count). The number of nitrogens with zero attached hydrogens (tertiary/aromatic N) is 3. The van der Waals surface area contributed by atoms with Crippen LogP contribution < -0.4 is 9.80 Å². The lowest BCUT2D eigenvalue weighted by atomic mass is 9.89. The van der Waals surface area contributed by atoms with E-state index in [1.807, 2.05) is 12.1 Å². The minimum Gasteiger partial charge on any atom is -0.481 e. The van der Waals surface area contributed by atoms with Gasteiger partial charge in [-0.15, -0.1) is 0 Å². The van der Waals surface area contributed by atoms with Gasteiger partial charge < -0.3 is 19.8 Å². The second-order valence-electron chi connectivity index (χ2n) is 11.9. The van der Waals surface area contributed by atoms with Crippen molar-refractivity contribution in [2.75, 3.05) is 49.6 Å². The molecule has 0 aliphatic carbocycles. The van der Waals surface area contributed by atoms with Gasteiger partial charge in [-0.25, -0.2) is 4.39 Å². The first-order valence-electron chi connectivity index (χ1n) is 15.8. The van der Waals surface area contributed by atoms with Gasteiger partial charge in [0.05, 0.1) is 11.4 Å². The molecule has 1 fully saturated rings. The number of aliphatic carboxylic acids is 1. The van der Waals surface area contributed by atoms with E-state index in [9.17, 15) is 9.18 Å². The number of aryl methyl sites for hydroxylation is 1. The Morgan fingerprint density at radius 3 is 2.42 bits per heavy atom. The molecule has 2 atom stereocenters. The van der Waals surface area contributed by atoms with Crippen molar-refractivity contribution in [2.45, 2.75) is 95.9 Å². The number of carbonyl (C=O) groups is 1. The molecule has 3 heterocycles. The maximum absolute atomic E-state index is 13.0. The largest absolute Gasteiger partial charge is 0.481 e.